The third-order valence-corrected chi connectivity index (χ3v) is 5.58. The summed E-state index contributed by atoms with van der Waals surface area (Å²) < 4.78 is 0. The van der Waals surface area contributed by atoms with Crippen molar-refractivity contribution in [2.75, 3.05) is 28.6 Å². The fourth-order valence-electron chi connectivity index (χ4n) is 3.79. The van der Waals surface area contributed by atoms with Gasteiger partial charge in [0.15, 0.2) is 5.82 Å². The van der Waals surface area contributed by atoms with E-state index in [1.807, 2.05) is 56.3 Å². The first-order valence-electron chi connectivity index (χ1n) is 10.4. The molecule has 6 nitrogen and oxygen atoms in total. The average Bonchev–Trinajstić information content (AvgIpc) is 2.78. The third-order valence-electron chi connectivity index (χ3n) is 5.58. The van der Waals surface area contributed by atoms with E-state index in [9.17, 15) is 4.79 Å². The van der Waals surface area contributed by atoms with Crippen molar-refractivity contribution in [1.29, 1.82) is 0 Å². The summed E-state index contributed by atoms with van der Waals surface area (Å²) in [5, 5.41) is 5.87. The van der Waals surface area contributed by atoms with Crippen molar-refractivity contribution < 1.29 is 4.79 Å². The zero-order valence-corrected chi connectivity index (χ0v) is 17.5. The van der Waals surface area contributed by atoms with Crippen LogP contribution < -0.4 is 15.5 Å². The number of hydrogen-bond donors (Lipinski definition) is 2. The molecule has 1 aliphatic rings. The predicted molar refractivity (Wildman–Crippen MR) is 122 cm³/mol. The number of nitrogens with zero attached hydrogens (tertiary/aromatic N) is 3. The smallest absolute Gasteiger partial charge is 0.323 e. The first-order valence-corrected chi connectivity index (χ1v) is 10.4. The first kappa shape index (κ1) is 19.9. The standard InChI is InChI=1S/C24H27N5O/c1-17-8-6-11-21(18(17)2)28-24(30)27-20-10-7-9-19(16-20)22-23(26-13-12-25-22)29-14-4-3-5-15-29/h6-13,16H,3-5,14-15H2,1-2H3,(H2,27,28,30). The molecule has 0 unspecified atom stereocenters. The Balaban J connectivity index is 1.53. The van der Waals surface area contributed by atoms with Crippen LogP contribution >= 0.6 is 0 Å². The molecule has 6 heteroatoms. The van der Waals surface area contributed by atoms with E-state index in [2.05, 4.69) is 25.5 Å². The number of carbonyl (C=O) groups excluding carboxylic acids is 1. The highest BCUT2D eigenvalue weighted by Crippen LogP contribution is 2.30. The summed E-state index contributed by atoms with van der Waals surface area (Å²) in [5.74, 6) is 0.911. The zero-order valence-electron chi connectivity index (χ0n) is 17.5. The van der Waals surface area contributed by atoms with Crippen molar-refractivity contribution in [3.8, 4) is 11.3 Å². The van der Waals surface area contributed by atoms with Gasteiger partial charge >= 0.3 is 6.03 Å². The first-order chi connectivity index (χ1) is 14.6. The lowest BCUT2D eigenvalue weighted by Crippen LogP contribution is -2.30. The van der Waals surface area contributed by atoms with Crippen molar-refractivity contribution in [1.82, 2.24) is 9.97 Å². The Morgan fingerprint density at radius 2 is 1.70 bits per heavy atom. The Hall–Kier alpha value is -3.41. The second kappa shape index (κ2) is 8.95. The summed E-state index contributed by atoms with van der Waals surface area (Å²) in [6.07, 6.45) is 7.08. The van der Waals surface area contributed by atoms with Crippen LogP contribution in [0.2, 0.25) is 0 Å². The molecule has 2 N–H and O–H groups in total. The Morgan fingerprint density at radius 3 is 2.53 bits per heavy atom. The molecule has 0 aliphatic carbocycles. The van der Waals surface area contributed by atoms with Gasteiger partial charge in [0, 0.05) is 42.4 Å². The van der Waals surface area contributed by atoms with Crippen LogP contribution in [0.5, 0.6) is 0 Å². The van der Waals surface area contributed by atoms with Gasteiger partial charge in [0.25, 0.3) is 0 Å². The van der Waals surface area contributed by atoms with E-state index in [-0.39, 0.29) is 6.03 Å². The summed E-state index contributed by atoms with van der Waals surface area (Å²) in [4.78, 5) is 24.1. The molecule has 30 heavy (non-hydrogen) atoms. The van der Waals surface area contributed by atoms with Gasteiger partial charge in [-0.15, -0.1) is 0 Å². The number of carbonyl (C=O) groups is 1. The molecule has 0 spiro atoms. The predicted octanol–water partition coefficient (Wildman–Crippen LogP) is 5.39. The van der Waals surface area contributed by atoms with E-state index < -0.39 is 0 Å². The average molecular weight is 402 g/mol. The number of piperidine rings is 1. The molecule has 0 bridgehead atoms. The Morgan fingerprint density at radius 1 is 0.933 bits per heavy atom. The van der Waals surface area contributed by atoms with Crippen LogP contribution in [0.25, 0.3) is 11.3 Å². The summed E-state index contributed by atoms with van der Waals surface area (Å²) in [7, 11) is 0. The largest absolute Gasteiger partial charge is 0.355 e. The topological polar surface area (TPSA) is 70.1 Å². The number of nitrogens with one attached hydrogen (secondary N) is 2. The lowest BCUT2D eigenvalue weighted by atomic mass is 10.1. The van der Waals surface area contributed by atoms with E-state index in [1.54, 1.807) is 12.4 Å². The van der Waals surface area contributed by atoms with Gasteiger partial charge in [-0.1, -0.05) is 24.3 Å². The quantitative estimate of drug-likeness (QED) is 0.614. The molecule has 0 atom stereocenters. The van der Waals surface area contributed by atoms with Gasteiger partial charge in [-0.3, -0.25) is 4.98 Å². The van der Waals surface area contributed by atoms with Gasteiger partial charge in [0.2, 0.25) is 0 Å². The SMILES string of the molecule is Cc1cccc(NC(=O)Nc2cccc(-c3nccnc3N3CCCCC3)c2)c1C. The van der Waals surface area contributed by atoms with Gasteiger partial charge < -0.3 is 15.5 Å². The van der Waals surface area contributed by atoms with Crippen molar-refractivity contribution in [3.63, 3.8) is 0 Å². The number of amides is 2. The van der Waals surface area contributed by atoms with E-state index >= 15 is 0 Å². The van der Waals surface area contributed by atoms with E-state index in [0.717, 1.165) is 47.0 Å². The van der Waals surface area contributed by atoms with Crippen LogP contribution in [0.3, 0.4) is 0 Å². The minimum absolute atomic E-state index is 0.267. The van der Waals surface area contributed by atoms with Crippen molar-refractivity contribution in [2.45, 2.75) is 33.1 Å². The van der Waals surface area contributed by atoms with Crippen LogP contribution in [-0.2, 0) is 0 Å². The maximum Gasteiger partial charge on any atom is 0.323 e. The van der Waals surface area contributed by atoms with Crippen LogP contribution in [0.15, 0.2) is 54.9 Å². The maximum absolute atomic E-state index is 12.5. The Bertz CT molecular complexity index is 1040. The second-order valence-electron chi connectivity index (χ2n) is 7.68. The summed E-state index contributed by atoms with van der Waals surface area (Å²) >= 11 is 0. The van der Waals surface area contributed by atoms with Crippen molar-refractivity contribution in [3.05, 3.63) is 66.0 Å². The van der Waals surface area contributed by atoms with E-state index in [0.29, 0.717) is 5.69 Å². The van der Waals surface area contributed by atoms with Crippen LogP contribution in [0.4, 0.5) is 22.0 Å². The highest BCUT2D eigenvalue weighted by Gasteiger charge is 2.18. The summed E-state index contributed by atoms with van der Waals surface area (Å²) in [6, 6.07) is 13.4. The third kappa shape index (κ3) is 4.43. The normalized spacial score (nSPS) is 13.7. The number of anilines is 3. The van der Waals surface area contributed by atoms with Crippen molar-refractivity contribution in [2.24, 2.45) is 0 Å². The molecule has 1 aromatic heterocycles. The van der Waals surface area contributed by atoms with Crippen molar-refractivity contribution >= 4 is 23.2 Å². The highest BCUT2D eigenvalue weighted by atomic mass is 16.2. The molecule has 154 valence electrons. The Labute approximate surface area is 177 Å². The second-order valence-corrected chi connectivity index (χ2v) is 7.68. The van der Waals surface area contributed by atoms with Gasteiger partial charge in [-0.25, -0.2) is 9.78 Å². The molecule has 2 amide bonds. The lowest BCUT2D eigenvalue weighted by molar-refractivity contribution is 0.262. The number of aromatic nitrogens is 2. The Kier molecular flexibility index (Phi) is 5.93. The van der Waals surface area contributed by atoms with Crippen LogP contribution in [0.1, 0.15) is 30.4 Å². The molecule has 0 saturated carbocycles. The molecule has 1 saturated heterocycles. The van der Waals surface area contributed by atoms with Gasteiger partial charge in [-0.05, 0) is 62.4 Å². The van der Waals surface area contributed by atoms with Crippen LogP contribution in [0, 0.1) is 13.8 Å². The van der Waals surface area contributed by atoms with Gasteiger partial charge in [0.05, 0.1) is 0 Å². The fourth-order valence-corrected chi connectivity index (χ4v) is 3.79. The summed E-state index contributed by atoms with van der Waals surface area (Å²) in [6.45, 7) is 6.04. The monoisotopic (exact) mass is 401 g/mol. The lowest BCUT2D eigenvalue weighted by Gasteiger charge is -2.28. The highest BCUT2D eigenvalue weighted by molar-refractivity contribution is 6.00. The molecule has 2 aromatic carbocycles. The number of benzene rings is 2. The van der Waals surface area contributed by atoms with E-state index in [1.165, 1.54) is 19.3 Å². The number of urea groups is 1. The molecule has 1 aliphatic heterocycles. The minimum Gasteiger partial charge on any atom is -0.355 e. The number of aryl methyl sites for hydroxylation is 1. The minimum atomic E-state index is -0.267. The fraction of sp³-hybridized carbons (Fsp3) is 0.292. The number of rotatable bonds is 4. The molecule has 2 heterocycles. The maximum atomic E-state index is 12.5. The molecule has 0 radical (unpaired) electrons. The summed E-state index contributed by atoms with van der Waals surface area (Å²) in [5.41, 5.74) is 5.51. The number of hydrogen-bond acceptors (Lipinski definition) is 4. The molecular formula is C24H27N5O. The molecule has 1 fully saturated rings. The van der Waals surface area contributed by atoms with Gasteiger partial charge in [-0.2, -0.15) is 0 Å². The molecule has 3 aromatic rings. The van der Waals surface area contributed by atoms with Gasteiger partial charge in [0.1, 0.15) is 5.69 Å². The molecular weight excluding hydrogens is 374 g/mol. The van der Waals surface area contributed by atoms with E-state index in [4.69, 9.17) is 0 Å². The zero-order chi connectivity index (χ0) is 20.9. The molecule has 4 rings (SSSR count). The van der Waals surface area contributed by atoms with Crippen LogP contribution in [-0.4, -0.2) is 29.1 Å².